The second-order valence-electron chi connectivity index (χ2n) is 3.45. The van der Waals surface area contributed by atoms with Crippen molar-refractivity contribution in [2.75, 3.05) is 0 Å². The molecule has 2 aromatic heterocycles. The van der Waals surface area contributed by atoms with Crippen LogP contribution in [0.15, 0.2) is 17.5 Å². The lowest BCUT2D eigenvalue weighted by molar-refractivity contribution is 0.661. The fourth-order valence-corrected chi connectivity index (χ4v) is 2.86. The Balaban J connectivity index is 1.93. The van der Waals surface area contributed by atoms with Gasteiger partial charge in [-0.15, -0.1) is 16.4 Å². The molecule has 0 saturated carbocycles. The molecule has 2 aromatic rings. The molecule has 3 nitrogen and oxygen atoms in total. The van der Waals surface area contributed by atoms with Crippen LogP contribution < -0.4 is 5.73 Å². The molecule has 2 rings (SSSR count). The topological polar surface area (TPSA) is 51.8 Å². The SMILES string of the molecule is Cc1nnsc1C(N)CCc1cccs1. The van der Waals surface area contributed by atoms with Crippen molar-refractivity contribution in [2.24, 2.45) is 5.73 Å². The molecule has 0 radical (unpaired) electrons. The quantitative estimate of drug-likeness (QED) is 0.892. The molecule has 0 amide bonds. The Kier molecular flexibility index (Phi) is 3.45. The van der Waals surface area contributed by atoms with Crippen LogP contribution in [0.25, 0.3) is 0 Å². The standard InChI is InChI=1S/C10H13N3S2/c1-7-10(15-13-12-7)9(11)5-4-8-3-2-6-14-8/h2-3,6,9H,4-5,11H2,1H3. The first kappa shape index (κ1) is 10.7. The van der Waals surface area contributed by atoms with E-state index >= 15 is 0 Å². The minimum atomic E-state index is 0.0760. The van der Waals surface area contributed by atoms with Crippen LogP contribution in [0.2, 0.25) is 0 Å². The fraction of sp³-hybridized carbons (Fsp3) is 0.400. The third-order valence-corrected chi connectivity index (χ3v) is 4.20. The summed E-state index contributed by atoms with van der Waals surface area (Å²) in [5, 5.41) is 6.07. The predicted octanol–water partition coefficient (Wildman–Crippen LogP) is 2.54. The number of rotatable bonds is 4. The van der Waals surface area contributed by atoms with Crippen molar-refractivity contribution in [3.8, 4) is 0 Å². The number of aromatic nitrogens is 2. The van der Waals surface area contributed by atoms with Gasteiger partial charge < -0.3 is 5.73 Å². The summed E-state index contributed by atoms with van der Waals surface area (Å²) in [6, 6.07) is 4.30. The Morgan fingerprint density at radius 1 is 1.53 bits per heavy atom. The largest absolute Gasteiger partial charge is 0.323 e. The Hall–Kier alpha value is -0.780. The normalized spacial score (nSPS) is 12.9. The van der Waals surface area contributed by atoms with Crippen LogP contribution in [0.1, 0.15) is 27.9 Å². The third-order valence-electron chi connectivity index (χ3n) is 2.31. The van der Waals surface area contributed by atoms with E-state index in [9.17, 15) is 0 Å². The van der Waals surface area contributed by atoms with Crippen LogP contribution in [0.5, 0.6) is 0 Å². The molecule has 80 valence electrons. The lowest BCUT2D eigenvalue weighted by atomic mass is 10.1. The van der Waals surface area contributed by atoms with E-state index < -0.39 is 0 Å². The zero-order valence-corrected chi connectivity index (χ0v) is 10.1. The zero-order chi connectivity index (χ0) is 10.7. The third kappa shape index (κ3) is 2.62. The second-order valence-corrected chi connectivity index (χ2v) is 5.27. The van der Waals surface area contributed by atoms with Crippen LogP contribution in [-0.2, 0) is 6.42 Å². The molecule has 0 aliphatic heterocycles. The molecule has 0 saturated heterocycles. The average Bonchev–Trinajstić information content (AvgIpc) is 2.84. The molecule has 15 heavy (non-hydrogen) atoms. The average molecular weight is 239 g/mol. The summed E-state index contributed by atoms with van der Waals surface area (Å²) < 4.78 is 3.90. The van der Waals surface area contributed by atoms with Crippen LogP contribution in [-0.4, -0.2) is 9.59 Å². The van der Waals surface area contributed by atoms with E-state index in [0.29, 0.717) is 0 Å². The molecular formula is C10H13N3S2. The molecule has 0 aliphatic rings. The van der Waals surface area contributed by atoms with E-state index in [1.54, 1.807) is 11.3 Å². The number of nitrogens with two attached hydrogens (primary N) is 1. The first-order valence-corrected chi connectivity index (χ1v) is 6.49. The van der Waals surface area contributed by atoms with E-state index in [1.165, 1.54) is 16.4 Å². The van der Waals surface area contributed by atoms with Crippen molar-refractivity contribution < 1.29 is 0 Å². The number of thiophene rings is 1. The van der Waals surface area contributed by atoms with E-state index in [-0.39, 0.29) is 6.04 Å². The Bertz CT molecular complexity index is 408. The van der Waals surface area contributed by atoms with Crippen molar-refractivity contribution >= 4 is 22.9 Å². The highest BCUT2D eigenvalue weighted by molar-refractivity contribution is 7.09. The molecule has 0 spiro atoms. The van der Waals surface area contributed by atoms with Gasteiger partial charge in [-0.2, -0.15) is 0 Å². The van der Waals surface area contributed by atoms with Crippen molar-refractivity contribution in [3.63, 3.8) is 0 Å². The summed E-state index contributed by atoms with van der Waals surface area (Å²) >= 11 is 3.20. The maximum atomic E-state index is 6.09. The first-order valence-electron chi connectivity index (χ1n) is 4.84. The molecule has 0 aromatic carbocycles. The summed E-state index contributed by atoms with van der Waals surface area (Å²) in [6.07, 6.45) is 2.00. The molecule has 0 bridgehead atoms. The van der Waals surface area contributed by atoms with Gasteiger partial charge >= 0.3 is 0 Å². The van der Waals surface area contributed by atoms with Gasteiger partial charge in [0.15, 0.2) is 0 Å². The number of hydrogen-bond donors (Lipinski definition) is 1. The Morgan fingerprint density at radius 3 is 3.00 bits per heavy atom. The van der Waals surface area contributed by atoms with Gasteiger partial charge in [0.1, 0.15) is 0 Å². The Morgan fingerprint density at radius 2 is 2.40 bits per heavy atom. The van der Waals surface area contributed by atoms with Crippen LogP contribution in [0.4, 0.5) is 0 Å². The van der Waals surface area contributed by atoms with Gasteiger partial charge in [-0.25, -0.2) is 0 Å². The predicted molar refractivity (Wildman–Crippen MR) is 64.2 cm³/mol. The van der Waals surface area contributed by atoms with Gasteiger partial charge in [0.25, 0.3) is 0 Å². The summed E-state index contributed by atoms with van der Waals surface area (Å²) in [5.41, 5.74) is 7.06. The van der Waals surface area contributed by atoms with Gasteiger partial charge in [-0.3, -0.25) is 0 Å². The Labute approximate surface area is 97.1 Å². The maximum Gasteiger partial charge on any atom is 0.0772 e. The maximum absolute atomic E-state index is 6.09. The summed E-state index contributed by atoms with van der Waals surface area (Å²) in [7, 11) is 0. The molecular weight excluding hydrogens is 226 g/mol. The number of hydrogen-bond acceptors (Lipinski definition) is 5. The summed E-state index contributed by atoms with van der Waals surface area (Å²) in [4.78, 5) is 2.51. The van der Waals surface area contributed by atoms with Crippen LogP contribution in [0, 0.1) is 6.92 Å². The minimum absolute atomic E-state index is 0.0760. The van der Waals surface area contributed by atoms with Gasteiger partial charge in [0.2, 0.25) is 0 Å². The van der Waals surface area contributed by atoms with Crippen LogP contribution in [0.3, 0.4) is 0 Å². The zero-order valence-electron chi connectivity index (χ0n) is 8.51. The summed E-state index contributed by atoms with van der Waals surface area (Å²) in [6.45, 7) is 1.96. The van der Waals surface area contributed by atoms with Gasteiger partial charge in [0.05, 0.1) is 10.6 Å². The first-order chi connectivity index (χ1) is 7.27. The highest BCUT2D eigenvalue weighted by Crippen LogP contribution is 2.23. The number of nitrogens with zero attached hydrogens (tertiary/aromatic N) is 2. The molecule has 0 aliphatic carbocycles. The smallest absolute Gasteiger partial charge is 0.0772 e. The van der Waals surface area contributed by atoms with Gasteiger partial charge in [0, 0.05) is 10.9 Å². The van der Waals surface area contributed by atoms with E-state index in [1.807, 2.05) is 6.92 Å². The second kappa shape index (κ2) is 4.83. The van der Waals surface area contributed by atoms with Crippen LogP contribution >= 0.6 is 22.9 Å². The molecule has 5 heteroatoms. The molecule has 0 fully saturated rings. The molecule has 1 unspecified atom stereocenters. The molecule has 2 N–H and O–H groups in total. The number of aryl methyl sites for hydroxylation is 2. The highest BCUT2D eigenvalue weighted by Gasteiger charge is 2.12. The molecule has 2 heterocycles. The lowest BCUT2D eigenvalue weighted by Gasteiger charge is -2.08. The van der Waals surface area contributed by atoms with Gasteiger partial charge in [-0.1, -0.05) is 10.6 Å². The van der Waals surface area contributed by atoms with E-state index in [0.717, 1.165) is 23.4 Å². The van der Waals surface area contributed by atoms with Gasteiger partial charge in [-0.05, 0) is 42.7 Å². The van der Waals surface area contributed by atoms with Crippen molar-refractivity contribution in [2.45, 2.75) is 25.8 Å². The lowest BCUT2D eigenvalue weighted by Crippen LogP contribution is -2.10. The van der Waals surface area contributed by atoms with Crippen molar-refractivity contribution in [1.82, 2.24) is 9.59 Å². The van der Waals surface area contributed by atoms with E-state index in [4.69, 9.17) is 5.73 Å². The summed E-state index contributed by atoms with van der Waals surface area (Å²) in [5.74, 6) is 0. The fourth-order valence-electron chi connectivity index (χ4n) is 1.46. The minimum Gasteiger partial charge on any atom is -0.323 e. The van der Waals surface area contributed by atoms with Crippen molar-refractivity contribution in [3.05, 3.63) is 33.0 Å². The van der Waals surface area contributed by atoms with E-state index in [2.05, 4.69) is 27.1 Å². The molecule has 1 atom stereocenters. The highest BCUT2D eigenvalue weighted by atomic mass is 32.1. The van der Waals surface area contributed by atoms with Crippen molar-refractivity contribution in [1.29, 1.82) is 0 Å². The monoisotopic (exact) mass is 239 g/mol.